The maximum atomic E-state index is 6.17. The van der Waals surface area contributed by atoms with Gasteiger partial charge in [0, 0.05) is 17.9 Å². The highest BCUT2D eigenvalue weighted by atomic mass is 35.5. The molecule has 1 aromatic carbocycles. The predicted octanol–water partition coefficient (Wildman–Crippen LogP) is 6.05. The van der Waals surface area contributed by atoms with Crippen LogP contribution in [0.15, 0.2) is 53.3 Å². The number of halogens is 2. The van der Waals surface area contributed by atoms with Crippen LogP contribution in [0.3, 0.4) is 0 Å². The molecule has 0 saturated carbocycles. The molecule has 1 heterocycles. The van der Waals surface area contributed by atoms with Crippen molar-refractivity contribution in [2.45, 2.75) is 38.7 Å². The van der Waals surface area contributed by atoms with Gasteiger partial charge in [-0.2, -0.15) is 0 Å². The highest BCUT2D eigenvalue weighted by Gasteiger charge is 2.34. The zero-order valence-electron chi connectivity index (χ0n) is 12.4. The van der Waals surface area contributed by atoms with Crippen molar-refractivity contribution in [3.63, 3.8) is 0 Å². The molecule has 0 bridgehead atoms. The van der Waals surface area contributed by atoms with E-state index in [0.29, 0.717) is 10.0 Å². The molecule has 0 saturated heterocycles. The first-order valence-electron chi connectivity index (χ1n) is 7.10. The van der Waals surface area contributed by atoms with E-state index in [9.17, 15) is 0 Å². The zero-order chi connectivity index (χ0) is 15.2. The van der Waals surface area contributed by atoms with E-state index in [2.05, 4.69) is 32.9 Å². The summed E-state index contributed by atoms with van der Waals surface area (Å²) in [4.78, 5) is 0. The van der Waals surface area contributed by atoms with Gasteiger partial charge in [0.05, 0.1) is 10.0 Å². The van der Waals surface area contributed by atoms with Crippen LogP contribution in [-0.4, -0.2) is 5.60 Å². The first-order valence-corrected chi connectivity index (χ1v) is 7.85. The predicted molar refractivity (Wildman–Crippen MR) is 88.9 cm³/mol. The maximum Gasteiger partial charge on any atom is 0.124 e. The number of fused-ring (bicyclic) bond motifs is 1. The Bertz CT molecular complexity index is 680. The molecule has 0 radical (unpaired) electrons. The molecule has 1 atom stereocenters. The molecule has 3 heteroatoms. The van der Waals surface area contributed by atoms with E-state index in [4.69, 9.17) is 27.9 Å². The normalized spacial score (nSPS) is 23.5. The van der Waals surface area contributed by atoms with Gasteiger partial charge in [0.2, 0.25) is 0 Å². The van der Waals surface area contributed by atoms with Gasteiger partial charge in [-0.15, -0.1) is 0 Å². The second-order valence-corrected chi connectivity index (χ2v) is 7.11. The van der Waals surface area contributed by atoms with Gasteiger partial charge < -0.3 is 4.74 Å². The van der Waals surface area contributed by atoms with Crippen molar-refractivity contribution in [3.05, 3.63) is 68.9 Å². The fourth-order valence-electron chi connectivity index (χ4n) is 3.21. The van der Waals surface area contributed by atoms with Crippen LogP contribution < -0.4 is 0 Å². The largest absolute Gasteiger partial charge is 0.487 e. The second-order valence-electron chi connectivity index (χ2n) is 6.30. The minimum atomic E-state index is -0.146. The molecule has 0 N–H and O–H groups in total. The Morgan fingerprint density at radius 3 is 2.67 bits per heavy atom. The molecule has 0 fully saturated rings. The van der Waals surface area contributed by atoms with Gasteiger partial charge in [-0.05, 0) is 44.5 Å². The van der Waals surface area contributed by atoms with Crippen molar-refractivity contribution >= 4 is 23.2 Å². The lowest BCUT2D eigenvalue weighted by molar-refractivity contribution is 0.0291. The number of ether oxygens (including phenoxy) is 1. The Balaban J connectivity index is 2.07. The van der Waals surface area contributed by atoms with Crippen molar-refractivity contribution in [1.29, 1.82) is 0 Å². The summed E-state index contributed by atoms with van der Waals surface area (Å²) in [6.07, 6.45) is 7.23. The van der Waals surface area contributed by atoms with E-state index in [1.807, 2.05) is 24.3 Å². The van der Waals surface area contributed by atoms with E-state index in [-0.39, 0.29) is 11.5 Å². The molecule has 1 unspecified atom stereocenters. The topological polar surface area (TPSA) is 9.23 Å². The molecule has 1 aliphatic heterocycles. The highest BCUT2D eigenvalue weighted by molar-refractivity contribution is 6.42. The molecule has 110 valence electrons. The van der Waals surface area contributed by atoms with Gasteiger partial charge in [0.15, 0.2) is 0 Å². The third kappa shape index (κ3) is 2.77. The standard InChI is InChI=1S/C18H18Cl2O/c1-11-10-18(2,3)21-16-6-4-5-13(17(11)16)12-7-8-14(19)15(20)9-12/h4-9,13H,10H2,1-3H3. The lowest BCUT2D eigenvalue weighted by Gasteiger charge is -2.38. The van der Waals surface area contributed by atoms with Gasteiger partial charge in [-0.3, -0.25) is 0 Å². The third-order valence-electron chi connectivity index (χ3n) is 3.97. The molecule has 1 nitrogen and oxygen atoms in total. The molecular formula is C18H18Cl2O. The van der Waals surface area contributed by atoms with E-state index < -0.39 is 0 Å². The third-order valence-corrected chi connectivity index (χ3v) is 4.71. The summed E-state index contributed by atoms with van der Waals surface area (Å²) in [6, 6.07) is 5.84. The number of rotatable bonds is 1. The molecule has 0 amide bonds. The monoisotopic (exact) mass is 320 g/mol. The van der Waals surface area contributed by atoms with E-state index >= 15 is 0 Å². The van der Waals surface area contributed by atoms with E-state index in [1.54, 1.807) is 0 Å². The van der Waals surface area contributed by atoms with Crippen LogP contribution in [0.2, 0.25) is 10.0 Å². The molecule has 0 aromatic heterocycles. The van der Waals surface area contributed by atoms with Gasteiger partial charge in [0.1, 0.15) is 11.4 Å². The molecule has 2 aliphatic rings. The van der Waals surface area contributed by atoms with Crippen molar-refractivity contribution < 1.29 is 4.74 Å². The summed E-state index contributed by atoms with van der Waals surface area (Å²) in [7, 11) is 0. The minimum Gasteiger partial charge on any atom is -0.487 e. The van der Waals surface area contributed by atoms with Crippen LogP contribution in [0.1, 0.15) is 38.7 Å². The molecule has 1 aromatic rings. The number of hydrogen-bond donors (Lipinski definition) is 0. The van der Waals surface area contributed by atoms with Crippen LogP contribution in [0.4, 0.5) is 0 Å². The quantitative estimate of drug-likeness (QED) is 0.612. The van der Waals surface area contributed by atoms with Crippen LogP contribution in [-0.2, 0) is 4.74 Å². The van der Waals surface area contributed by atoms with Crippen LogP contribution in [0.5, 0.6) is 0 Å². The fourth-order valence-corrected chi connectivity index (χ4v) is 3.52. The summed E-state index contributed by atoms with van der Waals surface area (Å²) in [5.74, 6) is 1.15. The van der Waals surface area contributed by atoms with Crippen molar-refractivity contribution in [3.8, 4) is 0 Å². The lowest BCUT2D eigenvalue weighted by Crippen LogP contribution is -2.31. The summed E-state index contributed by atoms with van der Waals surface area (Å²) in [5.41, 5.74) is 3.63. The minimum absolute atomic E-state index is 0.146. The second kappa shape index (κ2) is 5.23. The number of hydrogen-bond acceptors (Lipinski definition) is 1. The van der Waals surface area contributed by atoms with Crippen LogP contribution in [0, 0.1) is 0 Å². The first-order chi connectivity index (χ1) is 9.87. The summed E-state index contributed by atoms with van der Waals surface area (Å²) >= 11 is 12.2. The fraction of sp³-hybridized carbons (Fsp3) is 0.333. The van der Waals surface area contributed by atoms with Crippen LogP contribution >= 0.6 is 23.2 Å². The Morgan fingerprint density at radius 2 is 1.95 bits per heavy atom. The van der Waals surface area contributed by atoms with Crippen molar-refractivity contribution in [2.75, 3.05) is 0 Å². The molecule has 21 heavy (non-hydrogen) atoms. The maximum absolute atomic E-state index is 6.17. The molecule has 3 rings (SSSR count). The van der Waals surface area contributed by atoms with Gasteiger partial charge in [-0.25, -0.2) is 0 Å². The molecule has 0 spiro atoms. The van der Waals surface area contributed by atoms with Gasteiger partial charge in [-0.1, -0.05) is 47.0 Å². The zero-order valence-corrected chi connectivity index (χ0v) is 13.9. The lowest BCUT2D eigenvalue weighted by atomic mass is 9.79. The highest BCUT2D eigenvalue weighted by Crippen LogP contribution is 2.44. The summed E-state index contributed by atoms with van der Waals surface area (Å²) in [6.45, 7) is 6.44. The van der Waals surface area contributed by atoms with Gasteiger partial charge >= 0.3 is 0 Å². The van der Waals surface area contributed by atoms with E-state index in [0.717, 1.165) is 17.7 Å². The summed E-state index contributed by atoms with van der Waals surface area (Å²) in [5, 5.41) is 1.18. The van der Waals surface area contributed by atoms with E-state index in [1.165, 1.54) is 11.1 Å². The average Bonchev–Trinajstić information content (AvgIpc) is 2.39. The molecular weight excluding hydrogens is 303 g/mol. The number of allylic oxidation sites excluding steroid dienone is 4. The van der Waals surface area contributed by atoms with Crippen molar-refractivity contribution in [1.82, 2.24) is 0 Å². The smallest absolute Gasteiger partial charge is 0.124 e. The van der Waals surface area contributed by atoms with Crippen LogP contribution in [0.25, 0.3) is 0 Å². The van der Waals surface area contributed by atoms with Gasteiger partial charge in [0.25, 0.3) is 0 Å². The summed E-state index contributed by atoms with van der Waals surface area (Å²) < 4.78 is 6.15. The Hall–Kier alpha value is -1.18. The Morgan fingerprint density at radius 1 is 1.19 bits per heavy atom. The molecule has 1 aliphatic carbocycles. The van der Waals surface area contributed by atoms with Crippen molar-refractivity contribution in [2.24, 2.45) is 0 Å². The SMILES string of the molecule is CC1=C2C(=CC=CC2c2ccc(Cl)c(Cl)c2)OC(C)(C)C1. The Kier molecular flexibility index (Phi) is 3.67. The Labute approximate surface area is 135 Å². The first kappa shape index (κ1) is 14.7. The average molecular weight is 321 g/mol. The number of benzene rings is 1.